The van der Waals surface area contributed by atoms with Crippen LogP contribution >= 0.6 is 11.3 Å². The summed E-state index contributed by atoms with van der Waals surface area (Å²) in [7, 11) is 0. The maximum atomic E-state index is 11.5. The fraction of sp³-hybridized carbons (Fsp3) is 0.0909. The SMILES string of the molecule is CC=CC(=O)Oc1ccc(-c2nnc(-c3ccc(OC(=O)C=CC)cc3)s2)cc1. The van der Waals surface area contributed by atoms with E-state index in [2.05, 4.69) is 10.2 Å². The molecule has 0 spiro atoms. The van der Waals surface area contributed by atoms with Crippen molar-refractivity contribution in [3.63, 3.8) is 0 Å². The lowest BCUT2D eigenvalue weighted by atomic mass is 10.2. The molecule has 146 valence electrons. The van der Waals surface area contributed by atoms with Crippen LogP contribution in [0.3, 0.4) is 0 Å². The summed E-state index contributed by atoms with van der Waals surface area (Å²) in [5.74, 6) is 0.0888. The summed E-state index contributed by atoms with van der Waals surface area (Å²) in [6.45, 7) is 3.50. The van der Waals surface area contributed by atoms with E-state index >= 15 is 0 Å². The standard InChI is InChI=1S/C22H18N2O4S/c1-3-5-19(25)27-17-11-7-15(8-12-17)21-23-24-22(29-21)16-9-13-18(14-10-16)28-20(26)6-4-2/h3-14H,1-2H3. The molecule has 6 nitrogen and oxygen atoms in total. The van der Waals surface area contributed by atoms with Gasteiger partial charge in [-0.3, -0.25) is 0 Å². The topological polar surface area (TPSA) is 78.4 Å². The third kappa shape index (κ3) is 5.46. The molecule has 3 aromatic rings. The Labute approximate surface area is 172 Å². The fourth-order valence-electron chi connectivity index (χ4n) is 2.36. The second kappa shape index (κ2) is 9.57. The van der Waals surface area contributed by atoms with Gasteiger partial charge in [0, 0.05) is 23.3 Å². The van der Waals surface area contributed by atoms with Gasteiger partial charge in [0.2, 0.25) is 0 Å². The summed E-state index contributed by atoms with van der Waals surface area (Å²) in [6, 6.07) is 14.2. The van der Waals surface area contributed by atoms with Crippen molar-refractivity contribution >= 4 is 23.3 Å². The number of ether oxygens (including phenoxy) is 2. The lowest BCUT2D eigenvalue weighted by Gasteiger charge is -2.02. The van der Waals surface area contributed by atoms with Crippen LogP contribution in [0, 0.1) is 0 Å². The van der Waals surface area contributed by atoms with Crippen LogP contribution < -0.4 is 9.47 Å². The number of benzene rings is 2. The van der Waals surface area contributed by atoms with E-state index in [0.29, 0.717) is 11.5 Å². The number of allylic oxidation sites excluding steroid dienone is 2. The Morgan fingerprint density at radius 3 is 1.45 bits per heavy atom. The number of carbonyl (C=O) groups excluding carboxylic acids is 2. The molecule has 0 unspecified atom stereocenters. The van der Waals surface area contributed by atoms with Gasteiger partial charge < -0.3 is 9.47 Å². The zero-order valence-electron chi connectivity index (χ0n) is 15.9. The summed E-state index contributed by atoms with van der Waals surface area (Å²) in [5.41, 5.74) is 1.74. The highest BCUT2D eigenvalue weighted by atomic mass is 32.1. The predicted octanol–water partition coefficient (Wildman–Crippen LogP) is 4.84. The van der Waals surface area contributed by atoms with Crippen molar-refractivity contribution < 1.29 is 19.1 Å². The second-order valence-corrected chi connectivity index (χ2v) is 6.78. The zero-order chi connectivity index (χ0) is 20.6. The summed E-state index contributed by atoms with van der Waals surface area (Å²) >= 11 is 1.43. The average molecular weight is 406 g/mol. The molecule has 2 aromatic carbocycles. The molecule has 0 saturated carbocycles. The summed E-state index contributed by atoms with van der Waals surface area (Å²) in [6.07, 6.45) is 5.96. The largest absolute Gasteiger partial charge is 0.423 e. The normalized spacial score (nSPS) is 11.1. The van der Waals surface area contributed by atoms with E-state index in [4.69, 9.17) is 9.47 Å². The first kappa shape index (κ1) is 20.2. The van der Waals surface area contributed by atoms with Crippen molar-refractivity contribution in [1.82, 2.24) is 10.2 Å². The van der Waals surface area contributed by atoms with E-state index in [9.17, 15) is 9.59 Å². The molecule has 0 bridgehead atoms. The maximum absolute atomic E-state index is 11.5. The first-order chi connectivity index (χ1) is 14.1. The van der Waals surface area contributed by atoms with Crippen LogP contribution in [0.5, 0.6) is 11.5 Å². The fourth-order valence-corrected chi connectivity index (χ4v) is 3.21. The van der Waals surface area contributed by atoms with Gasteiger partial charge in [-0.2, -0.15) is 0 Å². The van der Waals surface area contributed by atoms with Gasteiger partial charge in [-0.25, -0.2) is 9.59 Å². The highest BCUT2D eigenvalue weighted by Crippen LogP contribution is 2.31. The van der Waals surface area contributed by atoms with Gasteiger partial charge >= 0.3 is 11.9 Å². The number of rotatable bonds is 6. The molecule has 7 heteroatoms. The second-order valence-electron chi connectivity index (χ2n) is 5.80. The smallest absolute Gasteiger partial charge is 0.335 e. The minimum absolute atomic E-state index is 0.418. The molecular weight excluding hydrogens is 388 g/mol. The van der Waals surface area contributed by atoms with Crippen LogP contribution in [0.25, 0.3) is 21.1 Å². The summed E-state index contributed by atoms with van der Waals surface area (Å²) in [4.78, 5) is 23.0. The Hall–Kier alpha value is -3.58. The highest BCUT2D eigenvalue weighted by Gasteiger charge is 2.10. The van der Waals surface area contributed by atoms with Gasteiger partial charge in [0.25, 0.3) is 0 Å². The van der Waals surface area contributed by atoms with Crippen LogP contribution in [0.15, 0.2) is 72.8 Å². The van der Waals surface area contributed by atoms with Crippen molar-refractivity contribution in [1.29, 1.82) is 0 Å². The van der Waals surface area contributed by atoms with E-state index in [-0.39, 0.29) is 0 Å². The lowest BCUT2D eigenvalue weighted by Crippen LogP contribution is -2.03. The van der Waals surface area contributed by atoms with Gasteiger partial charge in [-0.15, -0.1) is 10.2 Å². The van der Waals surface area contributed by atoms with Crippen LogP contribution in [0.2, 0.25) is 0 Å². The summed E-state index contributed by atoms with van der Waals surface area (Å²) in [5, 5.41) is 9.96. The lowest BCUT2D eigenvalue weighted by molar-refractivity contribution is -0.129. The van der Waals surface area contributed by atoms with Crippen LogP contribution in [0.4, 0.5) is 0 Å². The first-order valence-corrected chi connectivity index (χ1v) is 9.64. The van der Waals surface area contributed by atoms with Gasteiger partial charge in [0.15, 0.2) is 0 Å². The molecule has 29 heavy (non-hydrogen) atoms. The molecule has 0 N–H and O–H groups in total. The molecule has 0 radical (unpaired) electrons. The number of aromatic nitrogens is 2. The quantitative estimate of drug-likeness (QED) is 0.331. The van der Waals surface area contributed by atoms with Crippen molar-refractivity contribution in [2.75, 3.05) is 0 Å². The molecule has 0 saturated heterocycles. The van der Waals surface area contributed by atoms with Crippen LogP contribution in [-0.2, 0) is 9.59 Å². The molecule has 0 aliphatic carbocycles. The highest BCUT2D eigenvalue weighted by molar-refractivity contribution is 7.17. The molecule has 0 atom stereocenters. The molecule has 0 aliphatic heterocycles. The van der Waals surface area contributed by atoms with Crippen molar-refractivity contribution in [2.24, 2.45) is 0 Å². The Balaban J connectivity index is 1.70. The molecule has 3 rings (SSSR count). The van der Waals surface area contributed by atoms with Gasteiger partial charge in [-0.05, 0) is 62.4 Å². The predicted molar refractivity (Wildman–Crippen MR) is 112 cm³/mol. The molecule has 0 aliphatic rings. The third-order valence-corrected chi connectivity index (χ3v) is 4.69. The molecule has 1 heterocycles. The molecular formula is C22H18N2O4S. The number of nitrogens with zero attached hydrogens (tertiary/aromatic N) is 2. The van der Waals surface area contributed by atoms with E-state index in [1.54, 1.807) is 50.3 Å². The van der Waals surface area contributed by atoms with Crippen molar-refractivity contribution in [3.05, 3.63) is 72.8 Å². The van der Waals surface area contributed by atoms with Crippen molar-refractivity contribution in [3.8, 4) is 32.6 Å². The van der Waals surface area contributed by atoms with E-state index < -0.39 is 11.9 Å². The Morgan fingerprint density at radius 1 is 0.724 bits per heavy atom. The van der Waals surface area contributed by atoms with E-state index in [0.717, 1.165) is 21.1 Å². The number of hydrogen-bond acceptors (Lipinski definition) is 7. The minimum Gasteiger partial charge on any atom is -0.423 e. The van der Waals surface area contributed by atoms with E-state index in [1.165, 1.54) is 23.5 Å². The maximum Gasteiger partial charge on any atom is 0.335 e. The van der Waals surface area contributed by atoms with Crippen LogP contribution in [-0.4, -0.2) is 22.1 Å². The monoisotopic (exact) mass is 406 g/mol. The van der Waals surface area contributed by atoms with Crippen molar-refractivity contribution in [2.45, 2.75) is 13.8 Å². The zero-order valence-corrected chi connectivity index (χ0v) is 16.7. The van der Waals surface area contributed by atoms with Crippen LogP contribution in [0.1, 0.15) is 13.8 Å². The van der Waals surface area contributed by atoms with E-state index in [1.807, 2.05) is 24.3 Å². The van der Waals surface area contributed by atoms with Gasteiger partial charge in [-0.1, -0.05) is 23.5 Å². The average Bonchev–Trinajstić information content (AvgIpc) is 3.20. The Morgan fingerprint density at radius 2 is 1.10 bits per heavy atom. The number of carbonyl (C=O) groups is 2. The molecule has 0 fully saturated rings. The Bertz CT molecular complexity index is 967. The molecule has 0 amide bonds. The van der Waals surface area contributed by atoms with Gasteiger partial charge in [0.05, 0.1) is 0 Å². The first-order valence-electron chi connectivity index (χ1n) is 8.82. The van der Waals surface area contributed by atoms with Gasteiger partial charge in [0.1, 0.15) is 21.5 Å². The number of esters is 2. The molecule has 1 aromatic heterocycles. The Kier molecular flexibility index (Phi) is 6.65. The third-order valence-electron chi connectivity index (χ3n) is 3.67. The minimum atomic E-state index is -0.418. The number of hydrogen-bond donors (Lipinski definition) is 0. The summed E-state index contributed by atoms with van der Waals surface area (Å²) < 4.78 is 10.4.